The maximum absolute atomic E-state index is 10.9. The molecule has 1 aliphatic carbocycles. The second-order valence-electron chi connectivity index (χ2n) is 18.1. The first-order valence-electron chi connectivity index (χ1n) is 21.3. The van der Waals surface area contributed by atoms with E-state index in [1.54, 1.807) is 19.2 Å². The van der Waals surface area contributed by atoms with Crippen molar-refractivity contribution in [1.82, 2.24) is 0 Å². The third-order valence-electron chi connectivity index (χ3n) is 12.4. The number of fused-ring (bicyclic) bond motifs is 1. The molecule has 61 heavy (non-hydrogen) atoms. The van der Waals surface area contributed by atoms with Crippen molar-refractivity contribution in [3.05, 3.63) is 154 Å². The summed E-state index contributed by atoms with van der Waals surface area (Å²) in [4.78, 5) is 0. The second kappa shape index (κ2) is 18.2. The largest absolute Gasteiger partial charge is 0.497 e. The van der Waals surface area contributed by atoms with Crippen molar-refractivity contribution in [2.24, 2.45) is 0 Å². The summed E-state index contributed by atoms with van der Waals surface area (Å²) >= 11 is 0. The predicted octanol–water partition coefficient (Wildman–Crippen LogP) is 9.04. The van der Waals surface area contributed by atoms with Crippen LogP contribution < -0.4 is 18.9 Å². The second-order valence-corrected chi connectivity index (χ2v) is 18.1. The van der Waals surface area contributed by atoms with E-state index in [4.69, 9.17) is 33.2 Å². The molecule has 4 unspecified atom stereocenters. The molecular formula is C52H62O9. The van der Waals surface area contributed by atoms with E-state index in [-0.39, 0.29) is 49.0 Å². The normalized spacial score (nSPS) is 18.4. The number of aliphatic hydroxyl groups excluding tert-OH is 2. The van der Waals surface area contributed by atoms with Gasteiger partial charge in [0.2, 0.25) is 0 Å². The molecule has 9 heteroatoms. The molecule has 7 rings (SSSR count). The SMILES string of the molecule is COc1ccc(C(C)(C)c2ccc(C(C)(C)OCC(O)COc3ccccc3OCC(O)COc3ccc(C(C)(C)c4ccc5c(c4)CC5(C)OCC4CO4)cc3)cc2)cc1. The van der Waals surface area contributed by atoms with Crippen LogP contribution in [0.1, 0.15) is 87.4 Å². The Labute approximate surface area is 361 Å². The third kappa shape index (κ3) is 10.4. The number of aliphatic hydroxyl groups is 2. The van der Waals surface area contributed by atoms with Crippen LogP contribution >= 0.6 is 0 Å². The highest BCUT2D eigenvalue weighted by Crippen LogP contribution is 2.45. The van der Waals surface area contributed by atoms with Gasteiger partial charge in [0.05, 0.1) is 38.1 Å². The molecule has 0 radical (unpaired) electrons. The third-order valence-corrected chi connectivity index (χ3v) is 12.4. The zero-order valence-corrected chi connectivity index (χ0v) is 36.9. The lowest BCUT2D eigenvalue weighted by atomic mass is 9.70. The molecule has 4 atom stereocenters. The van der Waals surface area contributed by atoms with Crippen LogP contribution in [0.3, 0.4) is 0 Å². The Hall–Kier alpha value is -4.90. The van der Waals surface area contributed by atoms with Gasteiger partial charge in [-0.25, -0.2) is 0 Å². The van der Waals surface area contributed by atoms with Crippen molar-refractivity contribution in [3.63, 3.8) is 0 Å². The number of methoxy groups -OCH3 is 1. The quantitative estimate of drug-likeness (QED) is 0.0701. The number of benzene rings is 5. The van der Waals surface area contributed by atoms with Gasteiger partial charge >= 0.3 is 0 Å². The number of hydrogen-bond donors (Lipinski definition) is 2. The van der Waals surface area contributed by atoms with E-state index < -0.39 is 17.8 Å². The summed E-state index contributed by atoms with van der Waals surface area (Å²) < 4.78 is 40.9. The number of ether oxygens (including phenoxy) is 7. The van der Waals surface area contributed by atoms with Crippen LogP contribution in [-0.2, 0) is 42.7 Å². The monoisotopic (exact) mass is 830 g/mol. The van der Waals surface area contributed by atoms with Gasteiger partial charge in [0.15, 0.2) is 11.5 Å². The Morgan fingerprint density at radius 2 is 1.10 bits per heavy atom. The van der Waals surface area contributed by atoms with E-state index in [0.717, 1.165) is 24.3 Å². The van der Waals surface area contributed by atoms with Gasteiger partial charge in [-0.1, -0.05) is 107 Å². The van der Waals surface area contributed by atoms with Crippen molar-refractivity contribution in [3.8, 4) is 23.0 Å². The summed E-state index contributed by atoms with van der Waals surface area (Å²) in [6.45, 7) is 16.6. The standard InChI is InChI=1S/C52H62O9/c1-49(2,37-17-22-43(55-8)23-18-37)36-13-15-39(16-14-36)51(5,6)60-32-42(54)31-59-48-12-10-9-11-47(48)58-30-41(53)29-56-44-24-19-38(20-25-44)50(3,4)40-21-26-46-35(27-40)28-52(46,7)61-34-45-33-57-45/h9-27,41-42,45,53-54H,28-34H2,1-8H3. The molecule has 324 valence electrons. The summed E-state index contributed by atoms with van der Waals surface area (Å²) in [5.74, 6) is 2.42. The van der Waals surface area contributed by atoms with Crippen LogP contribution in [0.25, 0.3) is 0 Å². The molecule has 5 aromatic carbocycles. The first kappa shape index (κ1) is 44.2. The zero-order valence-electron chi connectivity index (χ0n) is 36.9. The molecule has 0 amide bonds. The summed E-state index contributed by atoms with van der Waals surface area (Å²) in [5, 5.41) is 21.6. The molecule has 2 N–H and O–H groups in total. The fourth-order valence-corrected chi connectivity index (χ4v) is 7.90. The predicted molar refractivity (Wildman–Crippen MR) is 237 cm³/mol. The summed E-state index contributed by atoms with van der Waals surface area (Å²) in [7, 11) is 1.67. The van der Waals surface area contributed by atoms with E-state index in [0.29, 0.717) is 23.9 Å². The smallest absolute Gasteiger partial charge is 0.161 e. The Bertz CT molecular complexity index is 2210. The maximum Gasteiger partial charge on any atom is 0.161 e. The molecule has 1 heterocycles. The molecule has 0 spiro atoms. The van der Waals surface area contributed by atoms with Gasteiger partial charge in [-0.05, 0) is 96.1 Å². The number of hydrogen-bond acceptors (Lipinski definition) is 9. The van der Waals surface area contributed by atoms with E-state index in [1.165, 1.54) is 33.4 Å². The van der Waals surface area contributed by atoms with Crippen molar-refractivity contribution in [1.29, 1.82) is 0 Å². The minimum Gasteiger partial charge on any atom is -0.497 e. The minimum atomic E-state index is -0.887. The Morgan fingerprint density at radius 1 is 0.623 bits per heavy atom. The fourth-order valence-electron chi connectivity index (χ4n) is 7.90. The topological polar surface area (TPSA) is 108 Å². The average molecular weight is 831 g/mol. The molecule has 5 aromatic rings. The highest BCUT2D eigenvalue weighted by atomic mass is 16.6. The van der Waals surface area contributed by atoms with Crippen molar-refractivity contribution < 1.29 is 43.4 Å². The molecule has 1 fully saturated rings. The maximum atomic E-state index is 10.9. The van der Waals surface area contributed by atoms with Crippen molar-refractivity contribution >= 4 is 0 Å². The Kier molecular flexibility index (Phi) is 13.2. The van der Waals surface area contributed by atoms with Gasteiger partial charge < -0.3 is 43.4 Å². The van der Waals surface area contributed by atoms with Gasteiger partial charge in [0, 0.05) is 17.3 Å². The Balaban J connectivity index is 0.844. The first-order valence-corrected chi connectivity index (χ1v) is 21.3. The molecule has 1 aliphatic heterocycles. The summed E-state index contributed by atoms with van der Waals surface area (Å²) in [5.41, 5.74) is 7.11. The molecule has 1 saturated heterocycles. The lowest BCUT2D eigenvalue weighted by Gasteiger charge is -2.42. The van der Waals surface area contributed by atoms with Crippen LogP contribution in [0, 0.1) is 0 Å². The number of epoxide rings is 1. The lowest BCUT2D eigenvalue weighted by molar-refractivity contribution is -0.0719. The van der Waals surface area contributed by atoms with E-state index in [1.807, 2.05) is 50.2 Å². The molecule has 9 nitrogen and oxygen atoms in total. The van der Waals surface area contributed by atoms with Crippen LogP contribution in [0.5, 0.6) is 23.0 Å². The number of para-hydroxylation sites is 2. The molecular weight excluding hydrogens is 769 g/mol. The van der Waals surface area contributed by atoms with Gasteiger partial charge in [0.25, 0.3) is 0 Å². The number of rotatable bonds is 21. The van der Waals surface area contributed by atoms with Gasteiger partial charge in [-0.3, -0.25) is 0 Å². The van der Waals surface area contributed by atoms with E-state index >= 15 is 0 Å². The van der Waals surface area contributed by atoms with Gasteiger partial charge in [-0.2, -0.15) is 0 Å². The zero-order chi connectivity index (χ0) is 43.4. The first-order chi connectivity index (χ1) is 29.1. The molecule has 2 aliphatic rings. The average Bonchev–Trinajstić information content (AvgIpc) is 4.10. The van der Waals surface area contributed by atoms with E-state index in [2.05, 4.69) is 101 Å². The van der Waals surface area contributed by atoms with Gasteiger partial charge in [0.1, 0.15) is 49.6 Å². The molecule has 0 saturated carbocycles. The summed E-state index contributed by atoms with van der Waals surface area (Å²) in [6, 6.07) is 38.6. The molecule has 0 bridgehead atoms. The minimum absolute atomic E-state index is 0.00130. The van der Waals surface area contributed by atoms with E-state index in [9.17, 15) is 10.2 Å². The Morgan fingerprint density at radius 3 is 1.64 bits per heavy atom. The van der Waals surface area contributed by atoms with Crippen molar-refractivity contribution in [2.75, 3.05) is 46.8 Å². The lowest BCUT2D eigenvalue weighted by Crippen LogP contribution is -2.40. The highest BCUT2D eigenvalue weighted by molar-refractivity contribution is 5.49. The summed E-state index contributed by atoms with van der Waals surface area (Å²) in [6.07, 6.45) is -0.616. The van der Waals surface area contributed by atoms with Crippen LogP contribution in [-0.4, -0.2) is 75.3 Å². The van der Waals surface area contributed by atoms with Crippen LogP contribution in [0.15, 0.2) is 115 Å². The fraction of sp³-hybridized carbons (Fsp3) is 0.423. The highest BCUT2D eigenvalue weighted by Gasteiger charge is 2.42. The van der Waals surface area contributed by atoms with Crippen molar-refractivity contribution in [2.45, 2.75) is 95.2 Å². The molecule has 0 aromatic heterocycles. The van der Waals surface area contributed by atoms with Crippen LogP contribution in [0.4, 0.5) is 0 Å². The van der Waals surface area contributed by atoms with Crippen LogP contribution in [0.2, 0.25) is 0 Å². The van der Waals surface area contributed by atoms with Gasteiger partial charge in [-0.15, -0.1) is 0 Å².